The molecule has 0 unspecified atom stereocenters. The van der Waals surface area contributed by atoms with Crippen LogP contribution in [0.1, 0.15) is 112 Å². The third kappa shape index (κ3) is 11.0. The van der Waals surface area contributed by atoms with Crippen LogP contribution >= 0.6 is 0 Å². The molecule has 0 radical (unpaired) electrons. The molecule has 12 nitrogen and oxygen atoms in total. The van der Waals surface area contributed by atoms with Crippen molar-refractivity contribution < 1.29 is 45.4 Å². The Hall–Kier alpha value is -6.00. The zero-order valence-electron chi connectivity index (χ0n) is 42.6. The van der Waals surface area contributed by atoms with Crippen molar-refractivity contribution in [2.24, 2.45) is 0 Å². The van der Waals surface area contributed by atoms with Gasteiger partial charge in [-0.2, -0.15) is 8.61 Å². The highest BCUT2D eigenvalue weighted by Gasteiger charge is 2.48. The Bertz CT molecular complexity index is 2970. The Morgan fingerprint density at radius 1 is 0.528 bits per heavy atom. The van der Waals surface area contributed by atoms with Gasteiger partial charge in [-0.05, 0) is 108 Å². The minimum atomic E-state index is -4.31. The van der Waals surface area contributed by atoms with E-state index in [1.165, 1.54) is 22.5 Å². The van der Waals surface area contributed by atoms with E-state index < -0.39 is 67.4 Å². The molecule has 6 aromatic rings. The minimum absolute atomic E-state index is 0.00998. The average molecular weight is 1010 g/mol. The van der Waals surface area contributed by atoms with Crippen molar-refractivity contribution in [3.8, 4) is 22.6 Å². The van der Waals surface area contributed by atoms with Gasteiger partial charge in [-0.15, -0.1) is 0 Å². The number of nitrogens with zero attached hydrogens (tertiary/aromatic N) is 2. The molecule has 2 fully saturated rings. The zero-order valence-corrected chi connectivity index (χ0v) is 44.3. The molecule has 0 bridgehead atoms. The van der Waals surface area contributed by atoms with Gasteiger partial charge in [0.2, 0.25) is 20.0 Å². The smallest absolute Gasteiger partial charge is 0.308 e. The number of benzene rings is 6. The number of carbonyl (C=O) groups excluding carboxylic acids is 2. The normalized spacial score (nSPS) is 19.1. The SMILES string of the molecule is CC(=O)Oc1c(-c2cc(C(C)(C)C)cc([C@@H]3OC[C@H](Cc4ccccc4)N3S(=O)(=O)c3ccc(C)cc3)c2OC(C)=O)cc(C(C)(C)C)cc1[C@@H]1OC[C@H](Cc2ccccc2)N1S(=O)(=O)c1ccc(C)cc1. The van der Waals surface area contributed by atoms with E-state index in [0.717, 1.165) is 22.3 Å². The fraction of sp³-hybridized carbons (Fsp3) is 0.345. The first-order valence-electron chi connectivity index (χ1n) is 24.2. The number of sulfonamides is 2. The summed E-state index contributed by atoms with van der Waals surface area (Å²) in [5, 5.41) is 0. The van der Waals surface area contributed by atoms with Crippen LogP contribution in [0.3, 0.4) is 0 Å². The lowest BCUT2D eigenvalue weighted by Crippen LogP contribution is -2.40. The number of hydrogen-bond acceptors (Lipinski definition) is 10. The number of ether oxygens (including phenoxy) is 4. The maximum Gasteiger partial charge on any atom is 0.308 e. The number of carbonyl (C=O) groups is 2. The molecule has 14 heteroatoms. The van der Waals surface area contributed by atoms with Crippen molar-refractivity contribution >= 4 is 32.0 Å². The summed E-state index contributed by atoms with van der Waals surface area (Å²) in [5.41, 5.74) is 4.85. The van der Waals surface area contributed by atoms with E-state index >= 15 is 16.8 Å². The number of rotatable bonds is 13. The van der Waals surface area contributed by atoms with Crippen LogP contribution in [0, 0.1) is 13.8 Å². The molecule has 4 atom stereocenters. The lowest BCUT2D eigenvalue weighted by Gasteiger charge is -2.32. The van der Waals surface area contributed by atoms with Crippen LogP contribution in [0.25, 0.3) is 11.1 Å². The molecule has 0 amide bonds. The van der Waals surface area contributed by atoms with Gasteiger partial charge in [0.15, 0.2) is 12.5 Å². The summed E-state index contributed by atoms with van der Waals surface area (Å²) in [7, 11) is -8.63. The fourth-order valence-electron chi connectivity index (χ4n) is 9.36. The topological polar surface area (TPSA) is 146 Å². The first-order chi connectivity index (χ1) is 33.9. The third-order valence-electron chi connectivity index (χ3n) is 13.2. The van der Waals surface area contributed by atoms with E-state index in [0.29, 0.717) is 24.0 Å². The average Bonchev–Trinajstić information content (AvgIpc) is 3.94. The van der Waals surface area contributed by atoms with E-state index in [1.54, 1.807) is 48.5 Å². The van der Waals surface area contributed by atoms with Gasteiger partial charge in [-0.25, -0.2) is 16.8 Å². The molecule has 2 saturated heterocycles. The molecule has 8 rings (SSSR count). The zero-order chi connectivity index (χ0) is 51.9. The summed E-state index contributed by atoms with van der Waals surface area (Å²) in [6.07, 6.45) is -1.98. The van der Waals surface area contributed by atoms with Crippen LogP contribution in [0.5, 0.6) is 11.5 Å². The second-order valence-electron chi connectivity index (χ2n) is 20.9. The van der Waals surface area contributed by atoms with Gasteiger partial charge in [-0.3, -0.25) is 9.59 Å². The van der Waals surface area contributed by atoms with E-state index in [-0.39, 0.29) is 56.8 Å². The molecule has 0 aliphatic carbocycles. The molecule has 2 aliphatic rings. The molecule has 0 aromatic heterocycles. The predicted octanol–water partition coefficient (Wildman–Crippen LogP) is 11.1. The van der Waals surface area contributed by atoms with E-state index in [9.17, 15) is 9.59 Å². The Morgan fingerprint density at radius 3 is 1.17 bits per heavy atom. The first kappa shape index (κ1) is 52.3. The van der Waals surface area contributed by atoms with E-state index in [2.05, 4.69) is 0 Å². The van der Waals surface area contributed by atoms with Gasteiger partial charge in [0.05, 0.1) is 35.1 Å². The van der Waals surface area contributed by atoms with Crippen molar-refractivity contribution in [2.75, 3.05) is 13.2 Å². The highest BCUT2D eigenvalue weighted by atomic mass is 32.2. The van der Waals surface area contributed by atoms with Crippen LogP contribution < -0.4 is 9.47 Å². The van der Waals surface area contributed by atoms with Gasteiger partial charge in [0, 0.05) is 36.1 Å². The van der Waals surface area contributed by atoms with Crippen molar-refractivity contribution in [2.45, 2.75) is 127 Å². The Labute approximate surface area is 425 Å². The molecule has 0 spiro atoms. The highest BCUT2D eigenvalue weighted by Crippen LogP contribution is 2.52. The molecule has 0 N–H and O–H groups in total. The fourth-order valence-corrected chi connectivity index (χ4v) is 12.7. The van der Waals surface area contributed by atoms with Gasteiger partial charge in [-0.1, -0.05) is 138 Å². The van der Waals surface area contributed by atoms with Crippen LogP contribution in [-0.2, 0) is 62.8 Å². The number of esters is 2. The molecule has 378 valence electrons. The summed E-state index contributed by atoms with van der Waals surface area (Å²) in [5.74, 6) is -1.44. The van der Waals surface area contributed by atoms with Gasteiger partial charge >= 0.3 is 11.9 Å². The molecular weight excluding hydrogens is 949 g/mol. The Kier molecular flexibility index (Phi) is 14.9. The van der Waals surface area contributed by atoms with E-state index in [4.69, 9.17) is 18.9 Å². The molecular formula is C58H64N2O10S2. The second kappa shape index (κ2) is 20.5. The van der Waals surface area contributed by atoms with Crippen molar-refractivity contribution in [1.29, 1.82) is 0 Å². The lowest BCUT2D eigenvalue weighted by atomic mass is 9.80. The van der Waals surface area contributed by atoms with Crippen LogP contribution in [-0.4, -0.2) is 62.7 Å². The third-order valence-corrected chi connectivity index (χ3v) is 17.0. The Morgan fingerprint density at radius 2 is 0.861 bits per heavy atom. The largest absolute Gasteiger partial charge is 0.426 e. The lowest BCUT2D eigenvalue weighted by molar-refractivity contribution is -0.133. The first-order valence-corrected chi connectivity index (χ1v) is 27.1. The van der Waals surface area contributed by atoms with Crippen LogP contribution in [0.2, 0.25) is 0 Å². The monoisotopic (exact) mass is 1010 g/mol. The predicted molar refractivity (Wildman–Crippen MR) is 278 cm³/mol. The number of aryl methyl sites for hydroxylation is 2. The molecule has 72 heavy (non-hydrogen) atoms. The minimum Gasteiger partial charge on any atom is -0.426 e. The highest BCUT2D eigenvalue weighted by molar-refractivity contribution is 7.89. The van der Waals surface area contributed by atoms with Gasteiger partial charge in [0.25, 0.3) is 0 Å². The van der Waals surface area contributed by atoms with Crippen molar-refractivity contribution in [1.82, 2.24) is 8.61 Å². The summed E-state index contributed by atoms with van der Waals surface area (Å²) in [6, 6.07) is 38.4. The maximum atomic E-state index is 15.2. The molecule has 0 saturated carbocycles. The maximum absolute atomic E-state index is 15.2. The summed E-state index contributed by atoms with van der Waals surface area (Å²) in [4.78, 5) is 27.3. The summed E-state index contributed by atoms with van der Waals surface area (Å²) < 4.78 is 89.5. The van der Waals surface area contributed by atoms with Gasteiger partial charge in [0.1, 0.15) is 11.5 Å². The number of hydrogen-bond donors (Lipinski definition) is 0. The second-order valence-corrected chi connectivity index (χ2v) is 24.6. The standard InChI is InChI=1S/C58H64N2O10S2/c1-37-21-25-47(26-22-37)71(63,64)59-45(29-41-17-13-11-14-18-41)35-67-55(59)51-33-43(57(5,6)7)31-49(53(51)69-39(3)61)50-32-44(58(8,9)10)34-52(54(50)70-40(4)62)56-60(72(65,66)48-27-23-38(2)24-28-48)46(36-68-56)30-42-19-15-12-16-20-42/h11-28,31-34,45-46,55-56H,29-30,35-36H2,1-10H3/t45-,46-,55-,56-/m0/s1. The molecule has 2 aliphatic heterocycles. The summed E-state index contributed by atoms with van der Waals surface area (Å²) >= 11 is 0. The van der Waals surface area contributed by atoms with Crippen molar-refractivity contribution in [3.05, 3.63) is 178 Å². The molecule has 6 aromatic carbocycles. The summed E-state index contributed by atoms with van der Waals surface area (Å²) in [6.45, 7) is 18.3. The van der Waals surface area contributed by atoms with Crippen LogP contribution in [0.15, 0.2) is 143 Å². The van der Waals surface area contributed by atoms with Gasteiger partial charge < -0.3 is 18.9 Å². The Balaban J connectivity index is 1.41. The van der Waals surface area contributed by atoms with Crippen molar-refractivity contribution in [3.63, 3.8) is 0 Å². The van der Waals surface area contributed by atoms with E-state index in [1.807, 2.05) is 140 Å². The quantitative estimate of drug-likeness (QED) is 0.0809. The molecule has 2 heterocycles. The van der Waals surface area contributed by atoms with Crippen LogP contribution in [0.4, 0.5) is 0 Å².